The van der Waals surface area contributed by atoms with Crippen LogP contribution in [0.2, 0.25) is 0 Å². The Morgan fingerprint density at radius 1 is 0.917 bits per heavy atom. The maximum atomic E-state index is 9.91. The lowest BCUT2D eigenvalue weighted by Gasteiger charge is -2.21. The van der Waals surface area contributed by atoms with Crippen molar-refractivity contribution in [2.24, 2.45) is 11.8 Å². The van der Waals surface area contributed by atoms with Crippen LogP contribution in [0.4, 0.5) is 0 Å². The summed E-state index contributed by atoms with van der Waals surface area (Å²) in [7, 11) is 0. The molecule has 0 aromatic rings. The minimum atomic E-state index is -0.185. The summed E-state index contributed by atoms with van der Waals surface area (Å²) < 4.78 is 0. The van der Waals surface area contributed by atoms with Gasteiger partial charge < -0.3 is 5.11 Å². The summed E-state index contributed by atoms with van der Waals surface area (Å²) in [5.41, 5.74) is 0. The molecule has 0 aromatic heterocycles. The van der Waals surface area contributed by atoms with E-state index >= 15 is 0 Å². The van der Waals surface area contributed by atoms with Gasteiger partial charge in [-0.2, -0.15) is 0 Å². The van der Waals surface area contributed by atoms with Crippen molar-refractivity contribution < 1.29 is 5.11 Å². The zero-order chi connectivity index (χ0) is 8.39. The summed E-state index contributed by atoms with van der Waals surface area (Å²) in [4.78, 5) is 0. The minimum Gasteiger partial charge on any atom is -0.392 e. The molecule has 1 nitrogen and oxygen atoms in total. The van der Waals surface area contributed by atoms with Gasteiger partial charge in [0.05, 0.1) is 6.10 Å². The smallest absolute Gasteiger partial charge is 0.0671 e. The second kappa shape index (κ2) is 3.28. The van der Waals surface area contributed by atoms with Gasteiger partial charge in [0.1, 0.15) is 0 Å². The monoisotopic (exact) mass is 162 g/mol. The lowest BCUT2D eigenvalue weighted by molar-refractivity contribution is 0.0941. The molecule has 64 valence electrons. The molecule has 0 heterocycles. The van der Waals surface area contributed by atoms with Gasteiger partial charge in [-0.25, -0.2) is 0 Å². The number of fused-ring (bicyclic) bond motifs is 2. The number of hydrogen-bond acceptors (Lipinski definition) is 1. The SMILES string of the molecule is OC1C2C=CC=CC1CC=CC2. The predicted octanol–water partition coefficient (Wildman–Crippen LogP) is 2.06. The molecule has 0 saturated heterocycles. The molecule has 2 atom stereocenters. The third kappa shape index (κ3) is 1.37. The van der Waals surface area contributed by atoms with Crippen LogP contribution in [0.3, 0.4) is 0 Å². The number of allylic oxidation sites excluding steroid dienone is 4. The molecule has 1 heteroatoms. The van der Waals surface area contributed by atoms with Crippen LogP contribution in [0.1, 0.15) is 12.8 Å². The van der Waals surface area contributed by atoms with Gasteiger partial charge in [0.2, 0.25) is 0 Å². The van der Waals surface area contributed by atoms with E-state index in [2.05, 4.69) is 24.3 Å². The summed E-state index contributed by atoms with van der Waals surface area (Å²) in [6, 6.07) is 0. The lowest BCUT2D eigenvalue weighted by atomic mass is 9.90. The molecule has 0 radical (unpaired) electrons. The number of aliphatic hydroxyl groups excluding tert-OH is 1. The van der Waals surface area contributed by atoms with Crippen molar-refractivity contribution in [2.45, 2.75) is 18.9 Å². The highest BCUT2D eigenvalue weighted by Gasteiger charge is 2.25. The molecule has 12 heavy (non-hydrogen) atoms. The Kier molecular flexibility index (Phi) is 2.13. The van der Waals surface area contributed by atoms with Gasteiger partial charge in [0, 0.05) is 11.8 Å². The highest BCUT2D eigenvalue weighted by Crippen LogP contribution is 2.28. The Labute approximate surface area is 73.1 Å². The molecule has 0 aliphatic heterocycles. The van der Waals surface area contributed by atoms with Crippen molar-refractivity contribution in [1.82, 2.24) is 0 Å². The lowest BCUT2D eigenvalue weighted by Crippen LogP contribution is -2.24. The summed E-state index contributed by atoms with van der Waals surface area (Å²) in [5, 5.41) is 9.91. The molecular formula is C11H14O. The van der Waals surface area contributed by atoms with E-state index in [9.17, 15) is 5.11 Å². The molecule has 2 unspecified atom stereocenters. The molecule has 0 saturated carbocycles. The largest absolute Gasteiger partial charge is 0.392 e. The van der Waals surface area contributed by atoms with E-state index in [1.165, 1.54) is 0 Å². The fourth-order valence-corrected chi connectivity index (χ4v) is 1.90. The maximum Gasteiger partial charge on any atom is 0.0671 e. The second-order valence-electron chi connectivity index (χ2n) is 3.53. The molecule has 0 spiro atoms. The zero-order valence-corrected chi connectivity index (χ0v) is 7.06. The summed E-state index contributed by atoms with van der Waals surface area (Å²) in [6.45, 7) is 0. The Hall–Kier alpha value is -0.820. The van der Waals surface area contributed by atoms with Gasteiger partial charge in [-0.05, 0) is 12.8 Å². The van der Waals surface area contributed by atoms with E-state index in [0.717, 1.165) is 12.8 Å². The van der Waals surface area contributed by atoms with Crippen LogP contribution >= 0.6 is 0 Å². The second-order valence-corrected chi connectivity index (χ2v) is 3.53. The number of aliphatic hydroxyl groups is 1. The molecule has 0 fully saturated rings. The van der Waals surface area contributed by atoms with Gasteiger partial charge >= 0.3 is 0 Å². The normalized spacial score (nSPS) is 39.2. The highest BCUT2D eigenvalue weighted by atomic mass is 16.3. The Morgan fingerprint density at radius 3 is 1.92 bits per heavy atom. The molecule has 0 aromatic carbocycles. The van der Waals surface area contributed by atoms with Crippen molar-refractivity contribution in [3.8, 4) is 0 Å². The average molecular weight is 162 g/mol. The van der Waals surface area contributed by atoms with Crippen LogP contribution in [0.5, 0.6) is 0 Å². The fourth-order valence-electron chi connectivity index (χ4n) is 1.90. The van der Waals surface area contributed by atoms with Gasteiger partial charge in [-0.3, -0.25) is 0 Å². The van der Waals surface area contributed by atoms with E-state index in [4.69, 9.17) is 0 Å². The first-order chi connectivity index (χ1) is 5.88. The van der Waals surface area contributed by atoms with Crippen LogP contribution in [-0.4, -0.2) is 11.2 Å². The molecule has 2 bridgehead atoms. The van der Waals surface area contributed by atoms with Crippen LogP contribution in [0, 0.1) is 11.8 Å². The van der Waals surface area contributed by atoms with E-state index in [1.807, 2.05) is 12.2 Å². The highest BCUT2D eigenvalue weighted by molar-refractivity contribution is 5.16. The third-order valence-electron chi connectivity index (χ3n) is 2.69. The van der Waals surface area contributed by atoms with E-state index in [-0.39, 0.29) is 6.10 Å². The Balaban J connectivity index is 2.27. The van der Waals surface area contributed by atoms with Crippen molar-refractivity contribution in [3.05, 3.63) is 36.5 Å². The summed E-state index contributed by atoms with van der Waals surface area (Å²) >= 11 is 0. The predicted molar refractivity (Wildman–Crippen MR) is 49.6 cm³/mol. The first kappa shape index (κ1) is 7.81. The van der Waals surface area contributed by atoms with Crippen LogP contribution in [-0.2, 0) is 0 Å². The van der Waals surface area contributed by atoms with E-state index in [0.29, 0.717) is 11.8 Å². The fraction of sp³-hybridized carbons (Fsp3) is 0.455. The molecule has 2 rings (SSSR count). The standard InChI is InChI=1S/C11H14O/c12-11-9-5-1-2-6-10(11)8-4-3-7-9/h1-6,9-12H,7-8H2. The first-order valence-corrected chi connectivity index (χ1v) is 4.56. The van der Waals surface area contributed by atoms with E-state index < -0.39 is 0 Å². The number of rotatable bonds is 0. The number of hydrogen-bond donors (Lipinski definition) is 1. The molecular weight excluding hydrogens is 148 g/mol. The zero-order valence-electron chi connectivity index (χ0n) is 7.06. The first-order valence-electron chi connectivity index (χ1n) is 4.56. The molecule has 2 aliphatic rings. The molecule has 2 aliphatic carbocycles. The van der Waals surface area contributed by atoms with Crippen LogP contribution in [0.25, 0.3) is 0 Å². The summed E-state index contributed by atoms with van der Waals surface area (Å²) in [6.07, 6.45) is 14.4. The van der Waals surface area contributed by atoms with Crippen molar-refractivity contribution >= 4 is 0 Å². The van der Waals surface area contributed by atoms with Crippen molar-refractivity contribution in [2.75, 3.05) is 0 Å². The quantitative estimate of drug-likeness (QED) is 0.540. The van der Waals surface area contributed by atoms with Gasteiger partial charge in [-0.15, -0.1) is 0 Å². The van der Waals surface area contributed by atoms with Gasteiger partial charge in [0.15, 0.2) is 0 Å². The van der Waals surface area contributed by atoms with Crippen LogP contribution < -0.4 is 0 Å². The molecule has 1 N–H and O–H groups in total. The minimum absolute atomic E-state index is 0.185. The maximum absolute atomic E-state index is 9.91. The average Bonchev–Trinajstić information content (AvgIpc) is 2.37. The van der Waals surface area contributed by atoms with Crippen molar-refractivity contribution in [1.29, 1.82) is 0 Å². The van der Waals surface area contributed by atoms with E-state index in [1.54, 1.807) is 0 Å². The topological polar surface area (TPSA) is 20.2 Å². The van der Waals surface area contributed by atoms with Crippen LogP contribution in [0.15, 0.2) is 36.5 Å². The van der Waals surface area contributed by atoms with Gasteiger partial charge in [0.25, 0.3) is 0 Å². The van der Waals surface area contributed by atoms with Gasteiger partial charge in [-0.1, -0.05) is 36.5 Å². The summed E-state index contributed by atoms with van der Waals surface area (Å²) in [5.74, 6) is 0.646. The van der Waals surface area contributed by atoms with Crippen molar-refractivity contribution in [3.63, 3.8) is 0 Å². The Morgan fingerprint density at radius 2 is 1.42 bits per heavy atom. The molecule has 0 amide bonds. The Bertz CT molecular complexity index is 213. The third-order valence-corrected chi connectivity index (χ3v) is 2.69.